The highest BCUT2D eigenvalue weighted by Crippen LogP contribution is 2.31. The van der Waals surface area contributed by atoms with Crippen molar-refractivity contribution in [2.45, 2.75) is 19.9 Å². The Balaban J connectivity index is 2.24. The van der Waals surface area contributed by atoms with E-state index in [1.54, 1.807) is 37.3 Å². The molecule has 0 saturated carbocycles. The molecular weight excluding hydrogens is 292 g/mol. The smallest absolute Gasteiger partial charge is 0.272 e. The second kappa shape index (κ2) is 6.11. The van der Waals surface area contributed by atoms with Crippen molar-refractivity contribution in [2.75, 3.05) is 0 Å². The van der Waals surface area contributed by atoms with E-state index in [1.807, 2.05) is 6.92 Å². The van der Waals surface area contributed by atoms with Gasteiger partial charge in [-0.15, -0.1) is 0 Å². The minimum Gasteiger partial charge on any atom is -0.457 e. The van der Waals surface area contributed by atoms with Gasteiger partial charge in [-0.25, -0.2) is 0 Å². The maximum atomic E-state index is 10.8. The summed E-state index contributed by atoms with van der Waals surface area (Å²) in [5.41, 5.74) is 7.23. The Morgan fingerprint density at radius 2 is 1.86 bits per heavy atom. The molecule has 2 aromatic rings. The van der Waals surface area contributed by atoms with E-state index in [2.05, 4.69) is 0 Å². The van der Waals surface area contributed by atoms with Crippen molar-refractivity contribution in [3.05, 3.63) is 62.7 Å². The van der Waals surface area contributed by atoms with Crippen molar-refractivity contribution < 1.29 is 9.66 Å². The van der Waals surface area contributed by atoms with Gasteiger partial charge in [0.15, 0.2) is 0 Å². The number of halogens is 1. The Morgan fingerprint density at radius 3 is 2.38 bits per heavy atom. The molecule has 0 aliphatic heterocycles. The van der Waals surface area contributed by atoms with Gasteiger partial charge in [0, 0.05) is 22.7 Å². The molecule has 0 spiro atoms. The van der Waals surface area contributed by atoms with Crippen LogP contribution in [0.1, 0.15) is 24.1 Å². The van der Waals surface area contributed by atoms with Crippen LogP contribution in [0.15, 0.2) is 36.4 Å². The van der Waals surface area contributed by atoms with Crippen LogP contribution >= 0.6 is 11.6 Å². The molecule has 21 heavy (non-hydrogen) atoms. The summed E-state index contributed by atoms with van der Waals surface area (Å²) >= 11 is 6.14. The molecule has 2 N–H and O–H groups in total. The first-order valence-corrected chi connectivity index (χ1v) is 6.74. The molecule has 0 saturated heterocycles. The van der Waals surface area contributed by atoms with Gasteiger partial charge in [-0.3, -0.25) is 10.1 Å². The lowest BCUT2D eigenvalue weighted by Crippen LogP contribution is -2.05. The fourth-order valence-electron chi connectivity index (χ4n) is 1.97. The highest BCUT2D eigenvalue weighted by Gasteiger charge is 2.12. The van der Waals surface area contributed by atoms with Crippen LogP contribution in [0.3, 0.4) is 0 Å². The molecule has 0 bridgehead atoms. The molecule has 0 fully saturated rings. The Labute approximate surface area is 127 Å². The predicted molar refractivity (Wildman–Crippen MR) is 82.0 cm³/mol. The summed E-state index contributed by atoms with van der Waals surface area (Å²) in [6, 6.07) is 9.68. The standard InChI is InChI=1S/C15H15ClN2O3/c1-9-7-11(4-6-15(9)18(19)20)21-12-3-5-13(10(2)17)14(16)8-12/h3-8,10H,17H2,1-2H3. The number of nitrogens with zero attached hydrogens (tertiary/aromatic N) is 1. The molecule has 1 unspecified atom stereocenters. The van der Waals surface area contributed by atoms with E-state index in [0.29, 0.717) is 22.1 Å². The maximum Gasteiger partial charge on any atom is 0.272 e. The van der Waals surface area contributed by atoms with Crippen LogP contribution in [-0.2, 0) is 0 Å². The number of aryl methyl sites for hydroxylation is 1. The number of nitrogens with two attached hydrogens (primary N) is 1. The van der Waals surface area contributed by atoms with Gasteiger partial charge in [0.1, 0.15) is 11.5 Å². The fourth-order valence-corrected chi connectivity index (χ4v) is 2.32. The molecule has 0 amide bonds. The zero-order valence-electron chi connectivity index (χ0n) is 11.7. The molecule has 5 nitrogen and oxygen atoms in total. The van der Waals surface area contributed by atoms with Crippen LogP contribution in [0, 0.1) is 17.0 Å². The van der Waals surface area contributed by atoms with Gasteiger partial charge >= 0.3 is 0 Å². The molecule has 0 aliphatic rings. The third-order valence-corrected chi connectivity index (χ3v) is 3.39. The van der Waals surface area contributed by atoms with Crippen LogP contribution in [0.4, 0.5) is 5.69 Å². The molecule has 0 heterocycles. The molecule has 1 atom stereocenters. The Kier molecular flexibility index (Phi) is 4.45. The van der Waals surface area contributed by atoms with Gasteiger partial charge < -0.3 is 10.5 Å². The lowest BCUT2D eigenvalue weighted by molar-refractivity contribution is -0.385. The quantitative estimate of drug-likeness (QED) is 0.672. The van der Waals surface area contributed by atoms with Crippen LogP contribution in [0.5, 0.6) is 11.5 Å². The second-order valence-corrected chi connectivity index (χ2v) is 5.19. The van der Waals surface area contributed by atoms with E-state index in [4.69, 9.17) is 22.1 Å². The normalized spacial score (nSPS) is 12.0. The molecule has 2 rings (SSSR count). The lowest BCUT2D eigenvalue weighted by Gasteiger charge is -2.11. The summed E-state index contributed by atoms with van der Waals surface area (Å²) in [6.45, 7) is 3.51. The number of hydrogen-bond donors (Lipinski definition) is 1. The summed E-state index contributed by atoms with van der Waals surface area (Å²) in [6.07, 6.45) is 0. The molecule has 6 heteroatoms. The topological polar surface area (TPSA) is 78.4 Å². The Hall–Kier alpha value is -2.11. The van der Waals surface area contributed by atoms with Gasteiger partial charge in [0.05, 0.1) is 4.92 Å². The van der Waals surface area contributed by atoms with Crippen molar-refractivity contribution >= 4 is 17.3 Å². The van der Waals surface area contributed by atoms with Crippen LogP contribution in [-0.4, -0.2) is 4.92 Å². The largest absolute Gasteiger partial charge is 0.457 e. The van der Waals surface area contributed by atoms with Crippen LogP contribution < -0.4 is 10.5 Å². The average molecular weight is 307 g/mol. The number of nitro groups is 1. The van der Waals surface area contributed by atoms with E-state index in [0.717, 1.165) is 5.56 Å². The van der Waals surface area contributed by atoms with Gasteiger partial charge in [0.2, 0.25) is 0 Å². The molecular formula is C15H15ClN2O3. The highest BCUT2D eigenvalue weighted by atomic mass is 35.5. The molecule has 110 valence electrons. The first-order chi connectivity index (χ1) is 9.88. The zero-order chi connectivity index (χ0) is 15.6. The minimum absolute atomic E-state index is 0.0627. The van der Waals surface area contributed by atoms with Crippen molar-refractivity contribution in [1.82, 2.24) is 0 Å². The first kappa shape index (κ1) is 15.3. The van der Waals surface area contributed by atoms with E-state index >= 15 is 0 Å². The van der Waals surface area contributed by atoms with E-state index < -0.39 is 4.92 Å². The summed E-state index contributed by atoms with van der Waals surface area (Å²) in [7, 11) is 0. The van der Waals surface area contributed by atoms with Gasteiger partial charge in [-0.05, 0) is 43.7 Å². The highest BCUT2D eigenvalue weighted by molar-refractivity contribution is 6.31. The Bertz CT molecular complexity index is 687. The number of nitro benzene ring substituents is 1. The summed E-state index contributed by atoms with van der Waals surface area (Å²) < 4.78 is 5.66. The van der Waals surface area contributed by atoms with Gasteiger partial charge in [-0.2, -0.15) is 0 Å². The lowest BCUT2D eigenvalue weighted by atomic mass is 10.1. The van der Waals surface area contributed by atoms with Gasteiger partial charge in [0.25, 0.3) is 5.69 Å². The van der Waals surface area contributed by atoms with E-state index in [9.17, 15) is 10.1 Å². The third kappa shape index (κ3) is 3.51. The average Bonchev–Trinajstić information content (AvgIpc) is 2.37. The number of rotatable bonds is 4. The zero-order valence-corrected chi connectivity index (χ0v) is 12.4. The minimum atomic E-state index is -0.423. The summed E-state index contributed by atoms with van der Waals surface area (Å²) in [5, 5.41) is 11.3. The van der Waals surface area contributed by atoms with Crippen molar-refractivity contribution in [3.8, 4) is 11.5 Å². The van der Waals surface area contributed by atoms with Crippen molar-refractivity contribution in [3.63, 3.8) is 0 Å². The van der Waals surface area contributed by atoms with E-state index in [1.165, 1.54) is 6.07 Å². The fraction of sp³-hybridized carbons (Fsp3) is 0.200. The van der Waals surface area contributed by atoms with E-state index in [-0.39, 0.29) is 11.7 Å². The second-order valence-electron chi connectivity index (χ2n) is 4.78. The number of benzene rings is 2. The molecule has 0 aliphatic carbocycles. The summed E-state index contributed by atoms with van der Waals surface area (Å²) in [4.78, 5) is 10.3. The SMILES string of the molecule is Cc1cc(Oc2ccc(C(C)N)c(Cl)c2)ccc1[N+](=O)[O-]. The number of hydrogen-bond acceptors (Lipinski definition) is 4. The number of ether oxygens (including phenoxy) is 1. The Morgan fingerprint density at radius 1 is 1.24 bits per heavy atom. The monoisotopic (exact) mass is 306 g/mol. The predicted octanol–water partition coefficient (Wildman–Crippen LogP) is 4.37. The first-order valence-electron chi connectivity index (χ1n) is 6.36. The van der Waals surface area contributed by atoms with Crippen molar-refractivity contribution in [2.24, 2.45) is 5.73 Å². The molecule has 2 aromatic carbocycles. The third-order valence-electron chi connectivity index (χ3n) is 3.06. The summed E-state index contributed by atoms with van der Waals surface area (Å²) in [5.74, 6) is 1.07. The molecule has 0 aromatic heterocycles. The maximum absolute atomic E-state index is 10.8. The van der Waals surface area contributed by atoms with Crippen molar-refractivity contribution in [1.29, 1.82) is 0 Å². The molecule has 0 radical (unpaired) electrons. The van der Waals surface area contributed by atoms with Crippen LogP contribution in [0.2, 0.25) is 5.02 Å². The van der Waals surface area contributed by atoms with Gasteiger partial charge in [-0.1, -0.05) is 17.7 Å². The van der Waals surface area contributed by atoms with Crippen LogP contribution in [0.25, 0.3) is 0 Å².